The van der Waals surface area contributed by atoms with E-state index in [0.29, 0.717) is 21.8 Å². The molecule has 0 aliphatic rings. The van der Waals surface area contributed by atoms with Crippen LogP contribution in [-0.4, -0.2) is 17.1 Å². The van der Waals surface area contributed by atoms with Crippen LogP contribution in [-0.2, 0) is 10.8 Å². The quantitative estimate of drug-likeness (QED) is 0.659. The van der Waals surface area contributed by atoms with E-state index >= 15 is 0 Å². The number of rotatable bonds is 5. The predicted octanol–water partition coefficient (Wildman–Crippen LogP) is 4.09. The average Bonchev–Trinajstić information content (AvgIpc) is 2.68. The van der Waals surface area contributed by atoms with Gasteiger partial charge >= 0.3 is 0 Å². The molecule has 3 nitrogen and oxygen atoms in total. The number of carbonyl (C=O) groups is 1. The molecule has 0 saturated carbocycles. The maximum absolute atomic E-state index is 12.5. The minimum atomic E-state index is -1.24. The zero-order chi connectivity index (χ0) is 16.9. The largest absolute Gasteiger partial charge is 0.497 e. The molecule has 0 spiro atoms. The Morgan fingerprint density at radius 1 is 0.750 bits per heavy atom. The van der Waals surface area contributed by atoms with Gasteiger partial charge in [-0.15, -0.1) is 0 Å². The maximum atomic E-state index is 12.5. The molecule has 0 bridgehead atoms. The molecule has 3 aromatic rings. The van der Waals surface area contributed by atoms with Crippen LogP contribution >= 0.6 is 0 Å². The van der Waals surface area contributed by atoms with Crippen molar-refractivity contribution < 1.29 is 13.7 Å². The minimum Gasteiger partial charge on any atom is -0.497 e. The van der Waals surface area contributed by atoms with Crippen LogP contribution in [0.2, 0.25) is 0 Å². The third-order valence-electron chi connectivity index (χ3n) is 3.64. The molecule has 3 aromatic carbocycles. The summed E-state index contributed by atoms with van der Waals surface area (Å²) < 4.78 is 17.6. The van der Waals surface area contributed by atoms with Crippen LogP contribution in [0.15, 0.2) is 88.7 Å². The lowest BCUT2D eigenvalue weighted by Crippen LogP contribution is -2.02. The van der Waals surface area contributed by atoms with Crippen LogP contribution < -0.4 is 4.74 Å². The fourth-order valence-electron chi connectivity index (χ4n) is 2.32. The van der Waals surface area contributed by atoms with Gasteiger partial charge in [0.2, 0.25) is 0 Å². The number of hydrogen-bond donors (Lipinski definition) is 0. The first-order chi connectivity index (χ1) is 11.7. The molecule has 1 atom stereocenters. The van der Waals surface area contributed by atoms with E-state index in [1.54, 1.807) is 55.6 Å². The van der Waals surface area contributed by atoms with Gasteiger partial charge in [-0.05, 0) is 60.7 Å². The number of ether oxygens (including phenoxy) is 1. The van der Waals surface area contributed by atoms with E-state index in [-0.39, 0.29) is 5.78 Å². The summed E-state index contributed by atoms with van der Waals surface area (Å²) in [4.78, 5) is 13.9. The van der Waals surface area contributed by atoms with Gasteiger partial charge in [-0.3, -0.25) is 4.79 Å². The molecule has 120 valence electrons. The zero-order valence-electron chi connectivity index (χ0n) is 13.1. The summed E-state index contributed by atoms with van der Waals surface area (Å²) in [7, 11) is 0.341. The van der Waals surface area contributed by atoms with E-state index in [4.69, 9.17) is 4.74 Å². The van der Waals surface area contributed by atoms with Crippen molar-refractivity contribution in [1.82, 2.24) is 0 Å². The summed E-state index contributed by atoms with van der Waals surface area (Å²) >= 11 is 0. The second-order valence-electron chi connectivity index (χ2n) is 5.16. The Balaban J connectivity index is 1.81. The number of ketones is 1. The molecule has 0 N–H and O–H groups in total. The molecule has 1 unspecified atom stereocenters. The Bertz CT molecular complexity index is 854. The van der Waals surface area contributed by atoms with Gasteiger partial charge < -0.3 is 4.74 Å². The standard InChI is InChI=1S/C20H16O3S/c1-23-17-11-7-15(8-12-17)20(21)16-9-13-19(14-10-16)24(22)18-5-3-2-4-6-18/h2-14H,1H3. The monoisotopic (exact) mass is 336 g/mol. The highest BCUT2D eigenvalue weighted by atomic mass is 32.2. The van der Waals surface area contributed by atoms with Gasteiger partial charge in [0.05, 0.1) is 17.9 Å². The van der Waals surface area contributed by atoms with E-state index in [2.05, 4.69) is 0 Å². The molecular formula is C20H16O3S. The Labute approximate surface area is 143 Å². The topological polar surface area (TPSA) is 43.4 Å². The summed E-state index contributed by atoms with van der Waals surface area (Å²) in [5.74, 6) is 0.634. The van der Waals surface area contributed by atoms with Crippen LogP contribution in [0.5, 0.6) is 5.75 Å². The number of benzene rings is 3. The van der Waals surface area contributed by atoms with Gasteiger partial charge in [-0.1, -0.05) is 18.2 Å². The zero-order valence-corrected chi connectivity index (χ0v) is 14.0. The Morgan fingerprint density at radius 2 is 1.25 bits per heavy atom. The van der Waals surface area contributed by atoms with Gasteiger partial charge in [0, 0.05) is 20.9 Å². The van der Waals surface area contributed by atoms with Crippen molar-refractivity contribution in [3.05, 3.63) is 90.0 Å². The van der Waals surface area contributed by atoms with Crippen molar-refractivity contribution in [3.63, 3.8) is 0 Å². The Hall–Kier alpha value is -2.72. The molecule has 0 radical (unpaired) electrons. The second kappa shape index (κ2) is 7.23. The molecule has 24 heavy (non-hydrogen) atoms. The normalized spacial score (nSPS) is 11.7. The summed E-state index contributed by atoms with van der Waals surface area (Å²) in [5.41, 5.74) is 1.15. The van der Waals surface area contributed by atoms with Crippen molar-refractivity contribution in [2.75, 3.05) is 7.11 Å². The SMILES string of the molecule is COc1ccc(C(=O)c2ccc(S(=O)c3ccccc3)cc2)cc1. The highest BCUT2D eigenvalue weighted by Crippen LogP contribution is 2.19. The fraction of sp³-hybridized carbons (Fsp3) is 0.0500. The van der Waals surface area contributed by atoms with Crippen LogP contribution in [0.4, 0.5) is 0 Å². The highest BCUT2D eigenvalue weighted by Gasteiger charge is 2.11. The van der Waals surface area contributed by atoms with Crippen molar-refractivity contribution in [2.24, 2.45) is 0 Å². The molecule has 3 rings (SSSR count). The molecule has 0 amide bonds. The van der Waals surface area contributed by atoms with E-state index in [1.165, 1.54) is 0 Å². The molecule has 0 fully saturated rings. The van der Waals surface area contributed by atoms with Crippen LogP contribution in [0.3, 0.4) is 0 Å². The third-order valence-corrected chi connectivity index (χ3v) is 5.04. The smallest absolute Gasteiger partial charge is 0.193 e. The van der Waals surface area contributed by atoms with E-state index in [9.17, 15) is 9.00 Å². The molecule has 0 heterocycles. The maximum Gasteiger partial charge on any atom is 0.193 e. The van der Waals surface area contributed by atoms with Crippen LogP contribution in [0.25, 0.3) is 0 Å². The Kier molecular flexibility index (Phi) is 4.87. The highest BCUT2D eigenvalue weighted by molar-refractivity contribution is 7.85. The van der Waals surface area contributed by atoms with Gasteiger partial charge in [-0.2, -0.15) is 0 Å². The van der Waals surface area contributed by atoms with Crippen molar-refractivity contribution in [2.45, 2.75) is 9.79 Å². The first-order valence-corrected chi connectivity index (χ1v) is 8.59. The Morgan fingerprint density at radius 3 is 1.79 bits per heavy atom. The second-order valence-corrected chi connectivity index (χ2v) is 6.64. The lowest BCUT2D eigenvalue weighted by Gasteiger charge is -2.05. The predicted molar refractivity (Wildman–Crippen MR) is 94.0 cm³/mol. The number of methoxy groups -OCH3 is 1. The first kappa shape index (κ1) is 16.1. The third kappa shape index (κ3) is 3.44. The summed E-state index contributed by atoms with van der Waals surface area (Å²) in [6.45, 7) is 0. The lowest BCUT2D eigenvalue weighted by atomic mass is 10.0. The van der Waals surface area contributed by atoms with Gasteiger partial charge in [0.1, 0.15) is 5.75 Å². The van der Waals surface area contributed by atoms with Gasteiger partial charge in [0.15, 0.2) is 5.78 Å². The van der Waals surface area contributed by atoms with E-state index in [1.807, 2.05) is 30.3 Å². The fourth-order valence-corrected chi connectivity index (χ4v) is 3.38. The summed E-state index contributed by atoms with van der Waals surface area (Å²) in [6, 6.07) is 23.1. The lowest BCUT2D eigenvalue weighted by molar-refractivity contribution is 0.103. The summed E-state index contributed by atoms with van der Waals surface area (Å²) in [6.07, 6.45) is 0. The van der Waals surface area contributed by atoms with Crippen LogP contribution in [0, 0.1) is 0 Å². The van der Waals surface area contributed by atoms with Crippen molar-refractivity contribution >= 4 is 16.6 Å². The van der Waals surface area contributed by atoms with Crippen molar-refractivity contribution in [3.8, 4) is 5.75 Å². The molecule has 0 saturated heterocycles. The molecule has 0 aromatic heterocycles. The number of hydrogen-bond acceptors (Lipinski definition) is 3. The average molecular weight is 336 g/mol. The van der Waals surface area contributed by atoms with E-state index < -0.39 is 10.8 Å². The van der Waals surface area contributed by atoms with Crippen molar-refractivity contribution in [1.29, 1.82) is 0 Å². The summed E-state index contributed by atoms with van der Waals surface area (Å²) in [5, 5.41) is 0. The van der Waals surface area contributed by atoms with E-state index in [0.717, 1.165) is 4.90 Å². The van der Waals surface area contributed by atoms with Gasteiger partial charge in [0.25, 0.3) is 0 Å². The van der Waals surface area contributed by atoms with Crippen LogP contribution in [0.1, 0.15) is 15.9 Å². The molecule has 0 aliphatic heterocycles. The molecule has 4 heteroatoms. The molecule has 0 aliphatic carbocycles. The number of carbonyl (C=O) groups excluding carboxylic acids is 1. The first-order valence-electron chi connectivity index (χ1n) is 7.44. The minimum absolute atomic E-state index is 0.0744. The van der Waals surface area contributed by atoms with Gasteiger partial charge in [-0.25, -0.2) is 4.21 Å². The molecular weight excluding hydrogens is 320 g/mol.